The lowest BCUT2D eigenvalue weighted by atomic mass is 9.49. The van der Waals surface area contributed by atoms with E-state index in [-0.39, 0.29) is 23.2 Å². The zero-order valence-electron chi connectivity index (χ0n) is 16.0. The van der Waals surface area contributed by atoms with Crippen molar-refractivity contribution in [1.82, 2.24) is 16.2 Å². The maximum absolute atomic E-state index is 12.9. The second kappa shape index (κ2) is 7.07. The van der Waals surface area contributed by atoms with Crippen molar-refractivity contribution in [3.8, 4) is 0 Å². The Labute approximate surface area is 169 Å². The first-order valence-electron chi connectivity index (χ1n) is 9.91. The van der Waals surface area contributed by atoms with Crippen LogP contribution >= 0.6 is 11.6 Å². The van der Waals surface area contributed by atoms with Gasteiger partial charge in [0, 0.05) is 10.4 Å². The molecule has 4 fully saturated rings. The highest BCUT2D eigenvalue weighted by molar-refractivity contribution is 6.24. The highest BCUT2D eigenvalue weighted by Crippen LogP contribution is 2.63. The van der Waals surface area contributed by atoms with Crippen molar-refractivity contribution < 1.29 is 14.4 Å². The molecule has 4 aliphatic carbocycles. The van der Waals surface area contributed by atoms with Gasteiger partial charge in [0.15, 0.2) is 0 Å². The van der Waals surface area contributed by atoms with Crippen molar-refractivity contribution in [1.29, 1.82) is 0 Å². The normalized spacial score (nSPS) is 32.6. The van der Waals surface area contributed by atoms with Crippen LogP contribution in [-0.4, -0.2) is 29.1 Å². The fourth-order valence-corrected chi connectivity index (χ4v) is 6.52. The minimum Gasteiger partial charge on any atom is -0.346 e. The number of amides is 3. The molecule has 4 saturated carbocycles. The maximum atomic E-state index is 12.9. The number of halogens is 1. The second-order valence-corrected chi connectivity index (χ2v) is 9.69. The molecule has 0 spiro atoms. The Balaban J connectivity index is 1.29. The number of hydrazine groups is 1. The number of rotatable bonds is 4. The molecule has 5 rings (SSSR count). The molecule has 4 atom stereocenters. The summed E-state index contributed by atoms with van der Waals surface area (Å²) in [5.41, 5.74) is 5.64. The number of benzene rings is 1. The third-order valence-electron chi connectivity index (χ3n) is 6.59. The van der Waals surface area contributed by atoms with E-state index in [9.17, 15) is 14.4 Å². The van der Waals surface area contributed by atoms with Crippen LogP contribution in [0, 0.1) is 24.2 Å². The molecule has 7 heteroatoms. The molecular formula is C21H26ClN3O3. The average Bonchev–Trinajstić information content (AvgIpc) is 2.62. The molecular weight excluding hydrogens is 378 g/mol. The van der Waals surface area contributed by atoms with Crippen molar-refractivity contribution in [2.75, 3.05) is 6.54 Å². The summed E-state index contributed by atoms with van der Waals surface area (Å²) in [6.07, 6.45) is 5.63. The monoisotopic (exact) mass is 403 g/mol. The lowest BCUT2D eigenvalue weighted by molar-refractivity contribution is -0.145. The van der Waals surface area contributed by atoms with Crippen LogP contribution in [0.5, 0.6) is 0 Å². The summed E-state index contributed by atoms with van der Waals surface area (Å²) in [7, 11) is 0. The molecule has 3 N–H and O–H groups in total. The zero-order chi connectivity index (χ0) is 19.9. The Bertz CT molecular complexity index is 811. The van der Waals surface area contributed by atoms with Crippen LogP contribution in [0.4, 0.5) is 0 Å². The highest BCUT2D eigenvalue weighted by Gasteiger charge is 2.60. The minimum absolute atomic E-state index is 0.0768. The molecule has 2 unspecified atom stereocenters. The lowest BCUT2D eigenvalue weighted by Crippen LogP contribution is -2.59. The molecule has 28 heavy (non-hydrogen) atoms. The van der Waals surface area contributed by atoms with Gasteiger partial charge >= 0.3 is 0 Å². The smallest absolute Gasteiger partial charge is 0.269 e. The van der Waals surface area contributed by atoms with E-state index in [1.165, 1.54) is 6.42 Å². The van der Waals surface area contributed by atoms with Gasteiger partial charge in [-0.05, 0) is 68.9 Å². The number of carbonyl (C=O) groups excluding carboxylic acids is 3. The molecule has 1 aromatic carbocycles. The molecule has 150 valence electrons. The highest BCUT2D eigenvalue weighted by atomic mass is 35.5. The van der Waals surface area contributed by atoms with E-state index < -0.39 is 11.3 Å². The molecule has 1 aromatic rings. The van der Waals surface area contributed by atoms with Gasteiger partial charge in [-0.3, -0.25) is 25.2 Å². The predicted molar refractivity (Wildman–Crippen MR) is 105 cm³/mol. The number of alkyl halides is 1. The fraction of sp³-hybridized carbons (Fsp3) is 0.571. The van der Waals surface area contributed by atoms with E-state index >= 15 is 0 Å². The Morgan fingerprint density at radius 3 is 2.39 bits per heavy atom. The van der Waals surface area contributed by atoms with E-state index in [2.05, 4.69) is 16.2 Å². The van der Waals surface area contributed by atoms with Crippen molar-refractivity contribution in [3.63, 3.8) is 0 Å². The van der Waals surface area contributed by atoms with Crippen LogP contribution in [0.1, 0.15) is 54.4 Å². The van der Waals surface area contributed by atoms with Gasteiger partial charge in [0.25, 0.3) is 11.8 Å². The molecule has 6 nitrogen and oxygen atoms in total. The molecule has 4 bridgehead atoms. The first-order chi connectivity index (χ1) is 13.3. The topological polar surface area (TPSA) is 87.3 Å². The molecule has 3 amide bonds. The number of carbonyl (C=O) groups is 3. The van der Waals surface area contributed by atoms with Crippen molar-refractivity contribution in [2.45, 2.75) is 50.3 Å². The SMILES string of the molecule is Cc1ccccc1C(=O)NNC(=O)CNC(=O)C12C[C@@H]3C[C@@H](CC(Cl)(C3)C1)C2. The third-order valence-corrected chi connectivity index (χ3v) is 7.03. The summed E-state index contributed by atoms with van der Waals surface area (Å²) >= 11 is 6.78. The summed E-state index contributed by atoms with van der Waals surface area (Å²) in [6, 6.07) is 7.12. The van der Waals surface area contributed by atoms with Gasteiger partial charge in [-0.25, -0.2) is 0 Å². The van der Waals surface area contributed by atoms with E-state index in [1.807, 2.05) is 19.1 Å². The van der Waals surface area contributed by atoms with Gasteiger partial charge in [0.05, 0.1) is 12.0 Å². The lowest BCUT2D eigenvalue weighted by Gasteiger charge is -2.59. The molecule has 0 aliphatic heterocycles. The van der Waals surface area contributed by atoms with Crippen LogP contribution in [0.15, 0.2) is 24.3 Å². The summed E-state index contributed by atoms with van der Waals surface area (Å²) in [5.74, 6) is 0.119. The van der Waals surface area contributed by atoms with Crippen molar-refractivity contribution in [3.05, 3.63) is 35.4 Å². The van der Waals surface area contributed by atoms with Gasteiger partial charge < -0.3 is 5.32 Å². The second-order valence-electron chi connectivity index (χ2n) is 8.89. The molecule has 0 aromatic heterocycles. The summed E-state index contributed by atoms with van der Waals surface area (Å²) in [5, 5.41) is 2.77. The van der Waals surface area contributed by atoms with Crippen LogP contribution in [0.2, 0.25) is 0 Å². The number of hydrogen-bond donors (Lipinski definition) is 3. The van der Waals surface area contributed by atoms with Crippen LogP contribution in [0.3, 0.4) is 0 Å². The fourth-order valence-electron chi connectivity index (χ4n) is 5.83. The zero-order valence-corrected chi connectivity index (χ0v) is 16.8. The standard InChI is InChI=1S/C21H26ClN3O3/c1-13-4-2-3-5-16(13)18(27)25-24-17(26)11-23-19(28)20-7-14-6-15(8-20)10-21(22,9-14)12-20/h2-5,14-15H,6-12H2,1H3,(H,23,28)(H,24,26)(H,25,27)/t14-,15+,20?,21?. The van der Waals surface area contributed by atoms with E-state index in [4.69, 9.17) is 11.6 Å². The quantitative estimate of drug-likeness (QED) is 0.533. The maximum Gasteiger partial charge on any atom is 0.269 e. The Kier molecular flexibility index (Phi) is 4.86. The minimum atomic E-state index is -0.458. The van der Waals surface area contributed by atoms with Gasteiger partial charge in [-0.1, -0.05) is 18.2 Å². The first kappa shape index (κ1) is 19.2. The Morgan fingerprint density at radius 1 is 1.07 bits per heavy atom. The first-order valence-corrected chi connectivity index (χ1v) is 10.3. The Morgan fingerprint density at radius 2 is 1.75 bits per heavy atom. The molecule has 0 radical (unpaired) electrons. The summed E-state index contributed by atoms with van der Waals surface area (Å²) < 4.78 is 0. The molecule has 0 heterocycles. The van der Waals surface area contributed by atoms with Gasteiger partial charge in [-0.2, -0.15) is 0 Å². The number of hydrogen-bond acceptors (Lipinski definition) is 3. The third kappa shape index (κ3) is 3.62. The number of nitrogens with one attached hydrogen (secondary N) is 3. The summed E-state index contributed by atoms with van der Waals surface area (Å²) in [6.45, 7) is 1.66. The van der Waals surface area contributed by atoms with Crippen LogP contribution < -0.4 is 16.2 Å². The van der Waals surface area contributed by atoms with Gasteiger partial charge in [0.2, 0.25) is 5.91 Å². The average molecular weight is 404 g/mol. The Hall–Kier alpha value is -2.08. The van der Waals surface area contributed by atoms with E-state index in [0.29, 0.717) is 23.8 Å². The van der Waals surface area contributed by atoms with Crippen LogP contribution in [0.25, 0.3) is 0 Å². The van der Waals surface area contributed by atoms with E-state index in [1.54, 1.807) is 12.1 Å². The van der Waals surface area contributed by atoms with Crippen molar-refractivity contribution >= 4 is 29.3 Å². The number of aryl methyl sites for hydroxylation is 1. The predicted octanol–water partition coefficient (Wildman–Crippen LogP) is 2.45. The van der Waals surface area contributed by atoms with Crippen LogP contribution in [-0.2, 0) is 9.59 Å². The van der Waals surface area contributed by atoms with E-state index in [0.717, 1.165) is 31.2 Å². The van der Waals surface area contributed by atoms with Crippen molar-refractivity contribution in [2.24, 2.45) is 17.3 Å². The largest absolute Gasteiger partial charge is 0.346 e. The van der Waals surface area contributed by atoms with Gasteiger partial charge in [0.1, 0.15) is 0 Å². The molecule has 0 saturated heterocycles. The molecule has 4 aliphatic rings. The van der Waals surface area contributed by atoms with Gasteiger partial charge in [-0.15, -0.1) is 11.6 Å². The summed E-state index contributed by atoms with van der Waals surface area (Å²) in [4.78, 5) is 36.9.